The Kier molecular flexibility index (Phi) is 6.07. The van der Waals surface area contributed by atoms with E-state index in [1.54, 1.807) is 41.5 Å². The van der Waals surface area contributed by atoms with Gasteiger partial charge in [0.15, 0.2) is 5.82 Å². The first-order valence-electron chi connectivity index (χ1n) is 9.46. The summed E-state index contributed by atoms with van der Waals surface area (Å²) in [5, 5.41) is 9.41. The molecule has 0 saturated heterocycles. The predicted molar refractivity (Wildman–Crippen MR) is 113 cm³/mol. The Bertz CT molecular complexity index is 972. The van der Waals surface area contributed by atoms with Crippen molar-refractivity contribution in [1.29, 1.82) is 0 Å². The third-order valence-electron chi connectivity index (χ3n) is 4.48. The van der Waals surface area contributed by atoms with Crippen molar-refractivity contribution in [2.45, 2.75) is 39.2 Å². The molecule has 0 fully saturated rings. The lowest BCUT2D eigenvalue weighted by Gasteiger charge is -2.19. The lowest BCUT2D eigenvalue weighted by atomic mass is 9.87. The molecule has 0 aliphatic carbocycles. The highest BCUT2D eigenvalue weighted by molar-refractivity contribution is 6.43. The average molecular weight is 391 g/mol. The van der Waals surface area contributed by atoms with Crippen molar-refractivity contribution in [2.75, 3.05) is 10.6 Å². The second kappa shape index (κ2) is 8.68. The summed E-state index contributed by atoms with van der Waals surface area (Å²) >= 11 is 0. The van der Waals surface area contributed by atoms with Crippen LogP contribution >= 0.6 is 0 Å². The largest absolute Gasteiger partial charge is 0.318 e. The van der Waals surface area contributed by atoms with E-state index in [9.17, 15) is 9.59 Å². The van der Waals surface area contributed by atoms with Gasteiger partial charge in [-0.2, -0.15) is 5.10 Å². The van der Waals surface area contributed by atoms with Gasteiger partial charge in [-0.05, 0) is 47.2 Å². The molecule has 150 valence electrons. The Hall–Kier alpha value is -3.48. The van der Waals surface area contributed by atoms with Gasteiger partial charge in [0.1, 0.15) is 0 Å². The number of nitrogens with zero attached hydrogens (tertiary/aromatic N) is 3. The van der Waals surface area contributed by atoms with E-state index < -0.39 is 11.8 Å². The van der Waals surface area contributed by atoms with Crippen LogP contribution in [0.2, 0.25) is 0 Å². The quantitative estimate of drug-likeness (QED) is 0.653. The maximum atomic E-state index is 12.2. The summed E-state index contributed by atoms with van der Waals surface area (Å²) in [7, 11) is 0. The molecule has 2 heterocycles. The molecule has 3 rings (SSSR count). The van der Waals surface area contributed by atoms with E-state index in [0.29, 0.717) is 18.1 Å². The molecule has 1 aromatic carbocycles. The van der Waals surface area contributed by atoms with Crippen molar-refractivity contribution in [1.82, 2.24) is 14.8 Å². The van der Waals surface area contributed by atoms with E-state index in [-0.39, 0.29) is 5.41 Å². The number of aromatic nitrogens is 3. The van der Waals surface area contributed by atoms with Gasteiger partial charge in [0.2, 0.25) is 0 Å². The zero-order chi connectivity index (χ0) is 20.9. The maximum Gasteiger partial charge on any atom is 0.315 e. The van der Waals surface area contributed by atoms with Crippen LogP contribution in [-0.4, -0.2) is 26.6 Å². The molecule has 0 saturated carbocycles. The maximum absolute atomic E-state index is 12.2. The van der Waals surface area contributed by atoms with Gasteiger partial charge in [0, 0.05) is 36.9 Å². The van der Waals surface area contributed by atoms with E-state index in [1.165, 1.54) is 0 Å². The highest BCUT2D eigenvalue weighted by Crippen LogP contribution is 2.23. The number of pyridine rings is 1. The van der Waals surface area contributed by atoms with Crippen LogP contribution in [0.5, 0.6) is 0 Å². The zero-order valence-electron chi connectivity index (χ0n) is 16.8. The molecule has 0 spiro atoms. The minimum absolute atomic E-state index is 0.0239. The van der Waals surface area contributed by atoms with E-state index in [1.807, 2.05) is 24.3 Å². The smallest absolute Gasteiger partial charge is 0.315 e. The third kappa shape index (κ3) is 5.75. The molecule has 0 unspecified atom stereocenters. The molecule has 2 aromatic heterocycles. The Balaban J connectivity index is 1.52. The lowest BCUT2D eigenvalue weighted by Crippen LogP contribution is -2.29. The number of carbonyl (C=O) groups excluding carboxylic acids is 2. The molecule has 0 aliphatic rings. The molecular weight excluding hydrogens is 366 g/mol. The molecule has 3 aromatic rings. The van der Waals surface area contributed by atoms with Gasteiger partial charge in [-0.25, -0.2) is 0 Å². The first-order valence-corrected chi connectivity index (χ1v) is 9.46. The van der Waals surface area contributed by atoms with E-state index in [2.05, 4.69) is 41.5 Å². The van der Waals surface area contributed by atoms with Gasteiger partial charge in [-0.1, -0.05) is 32.9 Å². The van der Waals surface area contributed by atoms with Crippen LogP contribution in [0.25, 0.3) is 0 Å². The van der Waals surface area contributed by atoms with Gasteiger partial charge in [0.25, 0.3) is 0 Å². The van der Waals surface area contributed by atoms with Crippen LogP contribution in [-0.2, 0) is 28.0 Å². The van der Waals surface area contributed by atoms with Crippen molar-refractivity contribution in [2.24, 2.45) is 0 Å². The third-order valence-corrected chi connectivity index (χ3v) is 4.48. The number of benzene rings is 1. The Morgan fingerprint density at radius 1 is 0.931 bits per heavy atom. The SMILES string of the molecule is CC(C)(C)c1ccc(NC(=O)C(=O)Nc2ccn(CCc3ccncc3)n2)cc1. The molecule has 0 bridgehead atoms. The fourth-order valence-corrected chi connectivity index (χ4v) is 2.76. The molecule has 29 heavy (non-hydrogen) atoms. The van der Waals surface area contributed by atoms with Crippen molar-refractivity contribution in [3.05, 3.63) is 72.2 Å². The Morgan fingerprint density at radius 3 is 2.24 bits per heavy atom. The minimum Gasteiger partial charge on any atom is -0.318 e. The van der Waals surface area contributed by atoms with E-state index >= 15 is 0 Å². The zero-order valence-corrected chi connectivity index (χ0v) is 16.8. The number of hydrogen-bond acceptors (Lipinski definition) is 4. The second-order valence-electron chi connectivity index (χ2n) is 7.81. The van der Waals surface area contributed by atoms with Crippen LogP contribution in [0.15, 0.2) is 61.1 Å². The van der Waals surface area contributed by atoms with Gasteiger partial charge in [0.05, 0.1) is 0 Å². The number of nitrogens with one attached hydrogen (secondary N) is 2. The number of rotatable bonds is 5. The van der Waals surface area contributed by atoms with Crippen LogP contribution in [0.4, 0.5) is 11.5 Å². The summed E-state index contributed by atoms with van der Waals surface area (Å²) in [6.45, 7) is 7.00. The fourth-order valence-electron chi connectivity index (χ4n) is 2.76. The molecule has 0 aliphatic heterocycles. The topological polar surface area (TPSA) is 88.9 Å². The molecule has 0 atom stereocenters. The van der Waals surface area contributed by atoms with Crippen molar-refractivity contribution < 1.29 is 9.59 Å². The average Bonchev–Trinajstić information content (AvgIpc) is 3.14. The summed E-state index contributed by atoms with van der Waals surface area (Å²) in [6.07, 6.45) is 6.06. The number of carbonyl (C=O) groups is 2. The monoisotopic (exact) mass is 391 g/mol. The van der Waals surface area contributed by atoms with Crippen LogP contribution in [0, 0.1) is 0 Å². The van der Waals surface area contributed by atoms with E-state index in [4.69, 9.17) is 0 Å². The van der Waals surface area contributed by atoms with Gasteiger partial charge < -0.3 is 10.6 Å². The minimum atomic E-state index is -0.760. The number of anilines is 2. The first kappa shape index (κ1) is 20.3. The van der Waals surface area contributed by atoms with Crippen molar-refractivity contribution in [3.8, 4) is 0 Å². The Labute approximate surface area is 170 Å². The van der Waals surface area contributed by atoms with Crippen molar-refractivity contribution in [3.63, 3.8) is 0 Å². The number of aryl methyl sites for hydroxylation is 2. The summed E-state index contributed by atoms with van der Waals surface area (Å²) in [4.78, 5) is 28.3. The second-order valence-corrected chi connectivity index (χ2v) is 7.81. The predicted octanol–water partition coefficient (Wildman–Crippen LogP) is 3.40. The van der Waals surface area contributed by atoms with Crippen LogP contribution < -0.4 is 10.6 Å². The Morgan fingerprint density at radius 2 is 1.59 bits per heavy atom. The number of amides is 2. The van der Waals surface area contributed by atoms with Crippen LogP contribution in [0.3, 0.4) is 0 Å². The summed E-state index contributed by atoms with van der Waals surface area (Å²) in [5.41, 5.74) is 2.90. The molecule has 7 nitrogen and oxygen atoms in total. The van der Waals surface area contributed by atoms with Gasteiger partial charge in [-0.3, -0.25) is 19.3 Å². The standard InChI is InChI=1S/C22H25N5O2/c1-22(2,3)17-4-6-18(7-5-17)24-20(28)21(29)25-19-11-15-27(26-19)14-10-16-8-12-23-13-9-16/h4-9,11-13,15H,10,14H2,1-3H3,(H,24,28)(H,25,26,29). The van der Waals surface area contributed by atoms with Crippen LogP contribution in [0.1, 0.15) is 31.9 Å². The van der Waals surface area contributed by atoms with Crippen molar-refractivity contribution >= 4 is 23.3 Å². The van der Waals surface area contributed by atoms with E-state index in [0.717, 1.165) is 17.5 Å². The lowest BCUT2D eigenvalue weighted by molar-refractivity contribution is -0.133. The van der Waals surface area contributed by atoms with Gasteiger partial charge >= 0.3 is 11.8 Å². The highest BCUT2D eigenvalue weighted by atomic mass is 16.2. The molecule has 7 heteroatoms. The number of hydrogen-bond donors (Lipinski definition) is 2. The molecule has 0 radical (unpaired) electrons. The summed E-state index contributed by atoms with van der Waals surface area (Å²) in [6, 6.07) is 13.0. The van der Waals surface area contributed by atoms with Gasteiger partial charge in [-0.15, -0.1) is 0 Å². The molecular formula is C22H25N5O2. The first-order chi connectivity index (χ1) is 13.8. The molecule has 2 N–H and O–H groups in total. The highest BCUT2D eigenvalue weighted by Gasteiger charge is 2.17. The summed E-state index contributed by atoms with van der Waals surface area (Å²) in [5.74, 6) is -1.16. The fraction of sp³-hybridized carbons (Fsp3) is 0.273. The normalized spacial score (nSPS) is 11.1. The molecule has 2 amide bonds. The summed E-state index contributed by atoms with van der Waals surface area (Å²) < 4.78 is 1.72.